The van der Waals surface area contributed by atoms with E-state index in [1.165, 1.54) is 19.5 Å². The molecule has 1 fully saturated rings. The molecule has 0 saturated carbocycles. The van der Waals surface area contributed by atoms with Crippen LogP contribution in [0.3, 0.4) is 0 Å². The molecule has 2 rings (SSSR count). The molecule has 5 heteroatoms. The summed E-state index contributed by atoms with van der Waals surface area (Å²) in [6.07, 6.45) is 1.25. The van der Waals surface area contributed by atoms with E-state index in [9.17, 15) is 0 Å². The first-order valence-electron chi connectivity index (χ1n) is 7.04. The second-order valence-electron chi connectivity index (χ2n) is 5.68. The number of anilines is 1. The van der Waals surface area contributed by atoms with Gasteiger partial charge in [0.15, 0.2) is 0 Å². The lowest BCUT2D eigenvalue weighted by Crippen LogP contribution is -2.29. The molecule has 1 saturated heterocycles. The fourth-order valence-electron chi connectivity index (χ4n) is 2.63. The van der Waals surface area contributed by atoms with Crippen molar-refractivity contribution in [3.63, 3.8) is 0 Å². The van der Waals surface area contributed by atoms with Gasteiger partial charge in [0.1, 0.15) is 4.99 Å². The molecule has 1 atom stereocenters. The van der Waals surface area contributed by atoms with Crippen LogP contribution in [0.15, 0.2) is 22.7 Å². The lowest BCUT2D eigenvalue weighted by molar-refractivity contribution is 0.266. The summed E-state index contributed by atoms with van der Waals surface area (Å²) < 4.78 is 1.04. The smallest absolute Gasteiger partial charge is 0.106 e. The average Bonchev–Trinajstić information content (AvgIpc) is 2.85. The van der Waals surface area contributed by atoms with E-state index in [0.29, 0.717) is 16.9 Å². The lowest BCUT2D eigenvalue weighted by atomic mass is 10.1. The van der Waals surface area contributed by atoms with Crippen molar-refractivity contribution >= 4 is 38.8 Å². The number of benzene rings is 1. The van der Waals surface area contributed by atoms with E-state index in [0.717, 1.165) is 22.3 Å². The van der Waals surface area contributed by atoms with E-state index < -0.39 is 0 Å². The maximum absolute atomic E-state index is 5.78. The average molecular weight is 356 g/mol. The Hall–Kier alpha value is -0.650. The highest BCUT2D eigenvalue weighted by molar-refractivity contribution is 9.10. The lowest BCUT2D eigenvalue weighted by Gasteiger charge is -2.20. The molecule has 3 nitrogen and oxygen atoms in total. The Morgan fingerprint density at radius 3 is 2.90 bits per heavy atom. The summed E-state index contributed by atoms with van der Waals surface area (Å²) >= 11 is 8.60. The van der Waals surface area contributed by atoms with Crippen LogP contribution in [0.25, 0.3) is 0 Å². The van der Waals surface area contributed by atoms with Crippen molar-refractivity contribution in [3.05, 3.63) is 28.2 Å². The molecule has 0 aliphatic carbocycles. The van der Waals surface area contributed by atoms with Gasteiger partial charge in [-0.25, -0.2) is 0 Å². The zero-order valence-corrected chi connectivity index (χ0v) is 14.4. The van der Waals surface area contributed by atoms with Crippen LogP contribution in [0.4, 0.5) is 5.69 Å². The Kier molecular flexibility index (Phi) is 5.41. The number of thiocarbonyl (C=S) groups is 1. The third-order valence-corrected chi connectivity index (χ3v) is 4.59. The van der Waals surface area contributed by atoms with Gasteiger partial charge in [-0.05, 0) is 50.9 Å². The molecule has 3 N–H and O–H groups in total. The number of hydrogen-bond donors (Lipinski definition) is 2. The molecule has 0 spiro atoms. The Balaban J connectivity index is 1.98. The minimum absolute atomic E-state index is 0.440. The van der Waals surface area contributed by atoms with Crippen LogP contribution in [0.1, 0.15) is 25.8 Å². The Morgan fingerprint density at radius 1 is 1.55 bits per heavy atom. The second kappa shape index (κ2) is 6.87. The predicted octanol–water partition coefficient (Wildman–Crippen LogP) is 3.23. The van der Waals surface area contributed by atoms with E-state index in [1.807, 2.05) is 18.2 Å². The number of halogens is 1. The quantitative estimate of drug-likeness (QED) is 0.795. The largest absolute Gasteiger partial charge is 0.389 e. The van der Waals surface area contributed by atoms with Crippen LogP contribution in [0, 0.1) is 5.92 Å². The first-order valence-corrected chi connectivity index (χ1v) is 8.24. The van der Waals surface area contributed by atoms with Crippen molar-refractivity contribution in [2.24, 2.45) is 11.7 Å². The molecule has 0 amide bonds. The van der Waals surface area contributed by atoms with E-state index in [1.54, 1.807) is 0 Å². The molecule has 110 valence electrons. The van der Waals surface area contributed by atoms with Gasteiger partial charge in [-0.2, -0.15) is 0 Å². The number of nitrogens with zero attached hydrogens (tertiary/aromatic N) is 1. The second-order valence-corrected chi connectivity index (χ2v) is 7.03. The molecule has 1 aliphatic rings. The molecule has 0 radical (unpaired) electrons. The Bertz CT molecular complexity index is 490. The highest BCUT2D eigenvalue weighted by Crippen LogP contribution is 2.24. The topological polar surface area (TPSA) is 41.3 Å². The van der Waals surface area contributed by atoms with Crippen LogP contribution in [-0.4, -0.2) is 35.6 Å². The minimum atomic E-state index is 0.440. The van der Waals surface area contributed by atoms with Crippen molar-refractivity contribution in [1.29, 1.82) is 0 Å². The molecular formula is C15H22BrN3S. The van der Waals surface area contributed by atoms with E-state index in [4.69, 9.17) is 18.0 Å². The van der Waals surface area contributed by atoms with Gasteiger partial charge < -0.3 is 16.0 Å². The monoisotopic (exact) mass is 355 g/mol. The van der Waals surface area contributed by atoms with Crippen LogP contribution in [0.2, 0.25) is 0 Å². The standard InChI is InChI=1S/C15H22BrN3S/c1-10(2)19-6-5-11(9-19)8-18-14-7-12(16)3-4-13(14)15(17)20/h3-4,7,10-11,18H,5-6,8-9H2,1-2H3,(H2,17,20). The van der Waals surface area contributed by atoms with Crippen LogP contribution in [-0.2, 0) is 0 Å². The minimum Gasteiger partial charge on any atom is -0.389 e. The van der Waals surface area contributed by atoms with E-state index in [2.05, 4.69) is 40.0 Å². The molecular weight excluding hydrogens is 334 g/mol. The SMILES string of the molecule is CC(C)N1CCC(CNc2cc(Br)ccc2C(N)=S)C1. The van der Waals surface area contributed by atoms with Gasteiger partial charge in [0.25, 0.3) is 0 Å². The Morgan fingerprint density at radius 2 is 2.30 bits per heavy atom. The van der Waals surface area contributed by atoms with Gasteiger partial charge in [0.2, 0.25) is 0 Å². The van der Waals surface area contributed by atoms with Crippen molar-refractivity contribution in [2.45, 2.75) is 26.3 Å². The maximum Gasteiger partial charge on any atom is 0.106 e. The number of hydrogen-bond acceptors (Lipinski definition) is 3. The summed E-state index contributed by atoms with van der Waals surface area (Å²) in [5.41, 5.74) is 7.72. The molecule has 1 aromatic carbocycles. The number of nitrogens with two attached hydrogens (primary N) is 1. The number of likely N-dealkylation sites (tertiary alicyclic amines) is 1. The summed E-state index contributed by atoms with van der Waals surface area (Å²) in [6.45, 7) is 7.85. The predicted molar refractivity (Wildman–Crippen MR) is 93.3 cm³/mol. The first-order chi connectivity index (χ1) is 9.47. The molecule has 1 unspecified atom stereocenters. The number of nitrogens with one attached hydrogen (secondary N) is 1. The fourth-order valence-corrected chi connectivity index (χ4v) is 3.17. The normalized spacial score (nSPS) is 19.5. The summed E-state index contributed by atoms with van der Waals surface area (Å²) in [5.74, 6) is 0.690. The highest BCUT2D eigenvalue weighted by atomic mass is 79.9. The van der Waals surface area contributed by atoms with Gasteiger partial charge in [-0.15, -0.1) is 0 Å². The molecule has 0 bridgehead atoms. The highest BCUT2D eigenvalue weighted by Gasteiger charge is 2.24. The zero-order valence-electron chi connectivity index (χ0n) is 12.0. The summed E-state index contributed by atoms with van der Waals surface area (Å²) in [6, 6.07) is 6.61. The molecule has 1 aromatic rings. The van der Waals surface area contributed by atoms with E-state index in [-0.39, 0.29) is 0 Å². The van der Waals surface area contributed by atoms with Crippen LogP contribution in [0.5, 0.6) is 0 Å². The van der Waals surface area contributed by atoms with Crippen molar-refractivity contribution in [3.8, 4) is 0 Å². The van der Waals surface area contributed by atoms with Gasteiger partial charge >= 0.3 is 0 Å². The van der Waals surface area contributed by atoms with E-state index >= 15 is 0 Å². The van der Waals surface area contributed by atoms with Crippen molar-refractivity contribution < 1.29 is 0 Å². The fraction of sp³-hybridized carbons (Fsp3) is 0.533. The third kappa shape index (κ3) is 3.93. The number of rotatable bonds is 5. The molecule has 0 aromatic heterocycles. The first kappa shape index (κ1) is 15.7. The van der Waals surface area contributed by atoms with Crippen LogP contribution < -0.4 is 11.1 Å². The van der Waals surface area contributed by atoms with Crippen LogP contribution >= 0.6 is 28.1 Å². The summed E-state index contributed by atoms with van der Waals surface area (Å²) in [5, 5.41) is 3.51. The van der Waals surface area contributed by atoms with Crippen molar-refractivity contribution in [1.82, 2.24) is 4.90 Å². The zero-order chi connectivity index (χ0) is 14.7. The molecule has 1 aliphatic heterocycles. The summed E-state index contributed by atoms with van der Waals surface area (Å²) in [4.78, 5) is 2.97. The van der Waals surface area contributed by atoms with Gasteiger partial charge in [-0.3, -0.25) is 0 Å². The molecule has 1 heterocycles. The molecule has 20 heavy (non-hydrogen) atoms. The van der Waals surface area contributed by atoms with Gasteiger partial charge in [-0.1, -0.05) is 28.1 Å². The van der Waals surface area contributed by atoms with Gasteiger partial charge in [0, 0.05) is 34.9 Å². The third-order valence-electron chi connectivity index (χ3n) is 3.88. The van der Waals surface area contributed by atoms with Crippen molar-refractivity contribution in [2.75, 3.05) is 25.0 Å². The maximum atomic E-state index is 5.78. The van der Waals surface area contributed by atoms with Gasteiger partial charge in [0.05, 0.1) is 0 Å². The Labute approximate surface area is 135 Å². The summed E-state index contributed by atoms with van der Waals surface area (Å²) in [7, 11) is 0.